The first-order valence-electron chi connectivity index (χ1n) is 9.58. The molecule has 0 aliphatic rings. The maximum absolute atomic E-state index is 13.0. The summed E-state index contributed by atoms with van der Waals surface area (Å²) in [5.74, 6) is 0.482. The smallest absolute Gasteiger partial charge is 0.433 e. The molecular formula is C20H22F3N5O3S. The Kier molecular flexibility index (Phi) is 6.27. The van der Waals surface area contributed by atoms with Gasteiger partial charge in [-0.1, -0.05) is 6.92 Å². The lowest BCUT2D eigenvalue weighted by Gasteiger charge is -2.20. The third-order valence-electron chi connectivity index (χ3n) is 4.27. The molecule has 0 spiro atoms. The number of carbonyl (C=O) groups excluding carboxylic acids is 1. The van der Waals surface area contributed by atoms with Crippen molar-refractivity contribution < 1.29 is 26.9 Å². The van der Waals surface area contributed by atoms with E-state index in [1.807, 2.05) is 0 Å². The molecule has 8 nitrogen and oxygen atoms in total. The van der Waals surface area contributed by atoms with E-state index in [4.69, 9.17) is 4.74 Å². The van der Waals surface area contributed by atoms with Crippen LogP contribution >= 0.6 is 0 Å². The Morgan fingerprint density at radius 1 is 1.19 bits per heavy atom. The highest BCUT2D eigenvalue weighted by Gasteiger charge is 2.33. The average molecular weight is 469 g/mol. The number of aryl methyl sites for hydroxylation is 1. The van der Waals surface area contributed by atoms with Gasteiger partial charge in [0.05, 0.1) is 44.8 Å². The van der Waals surface area contributed by atoms with Crippen molar-refractivity contribution in [3.8, 4) is 11.5 Å². The van der Waals surface area contributed by atoms with E-state index in [0.29, 0.717) is 5.52 Å². The molecule has 1 N–H and O–H groups in total. The van der Waals surface area contributed by atoms with Gasteiger partial charge in [-0.15, -0.1) is 0 Å². The van der Waals surface area contributed by atoms with Gasteiger partial charge in [-0.3, -0.25) is 9.53 Å². The monoisotopic (exact) mass is 469 g/mol. The highest BCUT2D eigenvalue weighted by molar-refractivity contribution is 7.85. The summed E-state index contributed by atoms with van der Waals surface area (Å²) in [7, 11) is 0.105. The largest absolute Gasteiger partial charge is 0.444 e. The molecule has 0 aliphatic carbocycles. The van der Waals surface area contributed by atoms with Crippen LogP contribution in [0.5, 0.6) is 0 Å². The van der Waals surface area contributed by atoms with E-state index in [9.17, 15) is 22.2 Å². The highest BCUT2D eigenvalue weighted by Crippen LogP contribution is 2.32. The number of hydrogen-bond acceptors (Lipinski definition) is 6. The normalized spacial score (nSPS) is 13.2. The number of imidazole rings is 1. The van der Waals surface area contributed by atoms with Crippen LogP contribution in [0, 0.1) is 0 Å². The number of carbonyl (C=O) groups is 1. The van der Waals surface area contributed by atoms with Gasteiger partial charge >= 0.3 is 12.3 Å². The van der Waals surface area contributed by atoms with Crippen molar-refractivity contribution in [3.05, 3.63) is 30.2 Å². The summed E-state index contributed by atoms with van der Waals surface area (Å²) in [6.07, 6.45) is -2.87. The molecule has 0 saturated carbocycles. The van der Waals surface area contributed by atoms with Crippen LogP contribution in [0.4, 0.5) is 23.7 Å². The highest BCUT2D eigenvalue weighted by atomic mass is 32.2. The zero-order chi connectivity index (χ0) is 23.8. The van der Waals surface area contributed by atoms with Crippen molar-refractivity contribution >= 4 is 33.6 Å². The topological polar surface area (TPSA) is 99.0 Å². The quantitative estimate of drug-likeness (QED) is 0.603. The molecule has 32 heavy (non-hydrogen) atoms. The van der Waals surface area contributed by atoms with Crippen molar-refractivity contribution in [3.63, 3.8) is 0 Å². The Balaban J connectivity index is 2.07. The number of fused-ring (bicyclic) bond motifs is 1. The van der Waals surface area contributed by atoms with Crippen LogP contribution < -0.4 is 5.32 Å². The van der Waals surface area contributed by atoms with E-state index in [0.717, 1.165) is 12.3 Å². The Labute approximate surface area is 184 Å². The molecule has 12 heteroatoms. The number of aromatic nitrogens is 4. The summed E-state index contributed by atoms with van der Waals surface area (Å²) in [5.41, 5.74) is -0.832. The Hall–Kier alpha value is -3.02. The molecule has 172 valence electrons. The second-order valence-electron chi connectivity index (χ2n) is 7.88. The summed E-state index contributed by atoms with van der Waals surface area (Å²) in [5, 5.41) is 2.54. The second kappa shape index (κ2) is 8.49. The van der Waals surface area contributed by atoms with Crippen molar-refractivity contribution in [2.24, 2.45) is 7.05 Å². The van der Waals surface area contributed by atoms with Gasteiger partial charge in [0.15, 0.2) is 5.82 Å². The fourth-order valence-corrected chi connectivity index (χ4v) is 3.82. The third-order valence-corrected chi connectivity index (χ3v) is 5.60. The summed E-state index contributed by atoms with van der Waals surface area (Å²) < 4.78 is 58.5. The summed E-state index contributed by atoms with van der Waals surface area (Å²) in [6.45, 7) is 6.87. The number of rotatable bonds is 4. The van der Waals surface area contributed by atoms with Gasteiger partial charge < -0.3 is 9.30 Å². The maximum Gasteiger partial charge on any atom is 0.433 e. The fraction of sp³-hybridized carbons (Fsp3) is 0.400. The number of amides is 1. The lowest BCUT2D eigenvalue weighted by Crippen LogP contribution is -2.27. The van der Waals surface area contributed by atoms with E-state index in [2.05, 4.69) is 20.3 Å². The molecule has 3 aromatic rings. The van der Waals surface area contributed by atoms with Crippen molar-refractivity contribution in [1.82, 2.24) is 19.5 Å². The molecule has 3 heterocycles. The Morgan fingerprint density at radius 3 is 2.47 bits per heavy atom. The number of nitrogens with one attached hydrogen (secondary N) is 1. The van der Waals surface area contributed by atoms with Gasteiger partial charge in [0, 0.05) is 12.8 Å². The van der Waals surface area contributed by atoms with E-state index in [1.165, 1.54) is 16.8 Å². The van der Waals surface area contributed by atoms with Gasteiger partial charge in [0.1, 0.15) is 17.0 Å². The second-order valence-corrected chi connectivity index (χ2v) is 9.59. The Bertz CT molecular complexity index is 1200. The number of anilines is 1. The number of pyridine rings is 2. The van der Waals surface area contributed by atoms with E-state index < -0.39 is 34.4 Å². The van der Waals surface area contributed by atoms with E-state index in [-0.39, 0.29) is 33.4 Å². The maximum atomic E-state index is 13.0. The zero-order valence-electron chi connectivity index (χ0n) is 18.1. The van der Waals surface area contributed by atoms with Crippen LogP contribution in [-0.2, 0) is 28.8 Å². The van der Waals surface area contributed by atoms with Gasteiger partial charge in [-0.25, -0.2) is 19.7 Å². The van der Waals surface area contributed by atoms with Crippen LogP contribution in [0.1, 0.15) is 33.4 Å². The molecule has 0 aliphatic heterocycles. The minimum absolute atomic E-state index is 0.0795. The predicted molar refractivity (Wildman–Crippen MR) is 114 cm³/mol. The van der Waals surface area contributed by atoms with Crippen LogP contribution in [0.2, 0.25) is 0 Å². The number of ether oxygens (including phenoxy) is 1. The van der Waals surface area contributed by atoms with E-state index in [1.54, 1.807) is 34.7 Å². The van der Waals surface area contributed by atoms with Crippen molar-refractivity contribution in [2.45, 2.75) is 44.4 Å². The van der Waals surface area contributed by atoms with E-state index >= 15 is 0 Å². The first-order chi connectivity index (χ1) is 14.8. The van der Waals surface area contributed by atoms with Crippen molar-refractivity contribution in [2.75, 3.05) is 11.1 Å². The summed E-state index contributed by atoms with van der Waals surface area (Å²) in [4.78, 5) is 24.4. The molecular weight excluding hydrogens is 447 g/mol. The lowest BCUT2D eigenvalue weighted by molar-refractivity contribution is -0.141. The first kappa shape index (κ1) is 23.6. The number of nitrogens with zero attached hydrogens (tertiary/aromatic N) is 4. The average Bonchev–Trinajstić information content (AvgIpc) is 3.01. The van der Waals surface area contributed by atoms with Gasteiger partial charge in [-0.05, 0) is 32.9 Å². The molecule has 0 aromatic carbocycles. The van der Waals surface area contributed by atoms with Gasteiger partial charge in [0.25, 0.3) is 0 Å². The van der Waals surface area contributed by atoms with Crippen LogP contribution in [0.25, 0.3) is 22.6 Å². The number of hydrogen-bond donors (Lipinski definition) is 1. The van der Waals surface area contributed by atoms with Crippen LogP contribution in [0.3, 0.4) is 0 Å². The molecule has 3 aromatic heterocycles. The predicted octanol–water partition coefficient (Wildman–Crippen LogP) is 4.52. The molecule has 0 bridgehead atoms. The molecule has 3 rings (SSSR count). The minimum Gasteiger partial charge on any atom is -0.444 e. The molecule has 1 atom stereocenters. The van der Waals surface area contributed by atoms with Gasteiger partial charge in [-0.2, -0.15) is 13.2 Å². The molecule has 1 amide bonds. The van der Waals surface area contributed by atoms with Crippen LogP contribution in [0.15, 0.2) is 29.4 Å². The minimum atomic E-state index is -4.60. The lowest BCUT2D eigenvalue weighted by atomic mass is 10.2. The zero-order valence-corrected chi connectivity index (χ0v) is 18.9. The molecule has 0 fully saturated rings. The van der Waals surface area contributed by atoms with Crippen molar-refractivity contribution in [1.29, 1.82) is 0 Å². The molecule has 1 unspecified atom stereocenters. The number of alkyl halides is 3. The van der Waals surface area contributed by atoms with Gasteiger partial charge in [0.2, 0.25) is 0 Å². The third kappa shape index (κ3) is 5.06. The first-order valence-corrected chi connectivity index (χ1v) is 10.9. The SMILES string of the molecule is CCS(=O)c1cc(NC(=O)OC(C)(C)C)cnc1-c1nc2cc(C(F)(F)F)ncc2n1C. The van der Waals surface area contributed by atoms with Crippen LogP contribution in [-0.4, -0.2) is 41.2 Å². The molecule has 0 saturated heterocycles. The summed E-state index contributed by atoms with van der Waals surface area (Å²) >= 11 is 0. The molecule has 0 radical (unpaired) electrons. The standard InChI is InChI=1S/C20H22F3N5O3S/c1-6-32(30)14-7-11(26-18(29)31-19(2,3)4)9-25-16(14)17-27-12-8-15(20(21,22)23)24-10-13(12)28(17)5/h7-10H,6H2,1-5H3,(H,26,29). The Morgan fingerprint density at radius 2 is 1.88 bits per heavy atom. The number of halogens is 3. The summed E-state index contributed by atoms with van der Waals surface area (Å²) in [6, 6.07) is 2.35. The fourth-order valence-electron chi connectivity index (χ4n) is 2.89.